The molecular weight excluding hydrogens is 266 g/mol. The van der Waals surface area contributed by atoms with Gasteiger partial charge in [0.2, 0.25) is 5.95 Å². The summed E-state index contributed by atoms with van der Waals surface area (Å²) in [7, 11) is 1.68. The second kappa shape index (κ2) is 6.58. The van der Waals surface area contributed by atoms with Crippen LogP contribution in [0.4, 0.5) is 5.95 Å². The topological polar surface area (TPSA) is 66.1 Å². The van der Waals surface area contributed by atoms with Gasteiger partial charge in [-0.05, 0) is 24.1 Å². The molecule has 0 amide bonds. The van der Waals surface area contributed by atoms with E-state index in [0.29, 0.717) is 0 Å². The molecule has 0 saturated carbocycles. The van der Waals surface area contributed by atoms with Gasteiger partial charge in [0.25, 0.3) is 0 Å². The number of anilines is 1. The van der Waals surface area contributed by atoms with Gasteiger partial charge in [-0.2, -0.15) is 4.98 Å². The average Bonchev–Trinajstić information content (AvgIpc) is 3.03. The minimum absolute atomic E-state index is 0.821. The number of aromatic nitrogens is 3. The average molecular weight is 287 g/mol. The number of rotatable bonds is 5. The molecule has 2 N–H and O–H groups in total. The predicted molar refractivity (Wildman–Crippen MR) is 81.9 cm³/mol. The molecule has 0 radical (unpaired) electrons. The van der Waals surface area contributed by atoms with E-state index >= 15 is 0 Å². The van der Waals surface area contributed by atoms with Crippen LogP contribution in [0.3, 0.4) is 0 Å². The molecule has 0 spiro atoms. The zero-order chi connectivity index (χ0) is 14.5. The van der Waals surface area contributed by atoms with Gasteiger partial charge in [-0.1, -0.05) is 12.1 Å². The maximum absolute atomic E-state index is 5.16. The normalized spacial score (nSPS) is 15.2. The van der Waals surface area contributed by atoms with Crippen molar-refractivity contribution in [1.82, 2.24) is 20.5 Å². The Kier molecular flexibility index (Phi) is 4.35. The largest absolute Gasteiger partial charge is 0.497 e. The van der Waals surface area contributed by atoms with Crippen LogP contribution in [0.15, 0.2) is 24.3 Å². The number of benzene rings is 1. The lowest BCUT2D eigenvalue weighted by molar-refractivity contribution is 0.414. The first-order valence-electron chi connectivity index (χ1n) is 7.35. The van der Waals surface area contributed by atoms with E-state index in [4.69, 9.17) is 4.74 Å². The summed E-state index contributed by atoms with van der Waals surface area (Å²) in [5.41, 5.74) is 1.27. The molecule has 1 aliphatic rings. The quantitative estimate of drug-likeness (QED) is 0.859. The summed E-state index contributed by atoms with van der Waals surface area (Å²) in [4.78, 5) is 6.80. The third-order valence-corrected chi connectivity index (χ3v) is 3.73. The summed E-state index contributed by atoms with van der Waals surface area (Å²) in [5.74, 6) is 2.65. The van der Waals surface area contributed by atoms with Crippen molar-refractivity contribution in [3.8, 4) is 5.75 Å². The Morgan fingerprint density at radius 3 is 2.62 bits per heavy atom. The molecule has 112 valence electrons. The maximum atomic E-state index is 5.16. The second-order valence-electron chi connectivity index (χ2n) is 5.17. The highest BCUT2D eigenvalue weighted by Gasteiger charge is 2.14. The highest BCUT2D eigenvalue weighted by molar-refractivity contribution is 5.30. The van der Waals surface area contributed by atoms with Crippen LogP contribution < -0.4 is 15.0 Å². The van der Waals surface area contributed by atoms with Gasteiger partial charge >= 0.3 is 0 Å². The zero-order valence-corrected chi connectivity index (χ0v) is 12.3. The Morgan fingerprint density at radius 2 is 1.90 bits per heavy atom. The number of nitrogens with zero attached hydrogens (tertiary/aromatic N) is 3. The van der Waals surface area contributed by atoms with E-state index in [-0.39, 0.29) is 0 Å². The summed E-state index contributed by atoms with van der Waals surface area (Å²) in [6, 6.07) is 8.16. The van der Waals surface area contributed by atoms with Crippen molar-refractivity contribution in [2.45, 2.75) is 12.8 Å². The van der Waals surface area contributed by atoms with Gasteiger partial charge in [-0.3, -0.25) is 5.10 Å². The van der Waals surface area contributed by atoms with Crippen LogP contribution in [0.5, 0.6) is 5.75 Å². The summed E-state index contributed by atoms with van der Waals surface area (Å²) in [5, 5.41) is 10.7. The molecule has 21 heavy (non-hydrogen) atoms. The molecule has 6 heteroatoms. The fraction of sp³-hybridized carbons (Fsp3) is 0.467. The second-order valence-corrected chi connectivity index (χ2v) is 5.17. The molecule has 6 nitrogen and oxygen atoms in total. The first-order chi connectivity index (χ1) is 10.3. The number of aryl methyl sites for hydroxylation is 2. The number of nitrogens with one attached hydrogen (secondary N) is 2. The summed E-state index contributed by atoms with van der Waals surface area (Å²) in [6.45, 7) is 3.93. The lowest BCUT2D eigenvalue weighted by Crippen LogP contribution is -2.44. The first-order valence-corrected chi connectivity index (χ1v) is 7.35. The van der Waals surface area contributed by atoms with Gasteiger partial charge in [-0.15, -0.1) is 5.10 Å². The smallest absolute Gasteiger partial charge is 0.244 e. The lowest BCUT2D eigenvalue weighted by atomic mass is 10.1. The molecular formula is C15H21N5O. The van der Waals surface area contributed by atoms with Crippen LogP contribution in [0.25, 0.3) is 0 Å². The van der Waals surface area contributed by atoms with Crippen LogP contribution in [0.2, 0.25) is 0 Å². The fourth-order valence-corrected chi connectivity index (χ4v) is 2.46. The van der Waals surface area contributed by atoms with E-state index in [1.807, 2.05) is 12.1 Å². The molecule has 2 aromatic rings. The Balaban J connectivity index is 1.56. The van der Waals surface area contributed by atoms with Crippen LogP contribution in [-0.2, 0) is 12.8 Å². The number of hydrogen-bond acceptors (Lipinski definition) is 5. The SMILES string of the molecule is COc1ccc(CCc2nc(N3CCNCC3)n[nH]2)cc1. The number of aromatic amines is 1. The summed E-state index contributed by atoms with van der Waals surface area (Å²) >= 11 is 0. The van der Waals surface area contributed by atoms with Crippen LogP contribution in [0.1, 0.15) is 11.4 Å². The van der Waals surface area contributed by atoms with E-state index in [1.165, 1.54) is 5.56 Å². The Hall–Kier alpha value is -2.08. The minimum Gasteiger partial charge on any atom is -0.497 e. The van der Waals surface area contributed by atoms with Crippen molar-refractivity contribution < 1.29 is 4.74 Å². The van der Waals surface area contributed by atoms with Gasteiger partial charge in [0.05, 0.1) is 7.11 Å². The van der Waals surface area contributed by atoms with Crippen LogP contribution in [-0.4, -0.2) is 48.5 Å². The lowest BCUT2D eigenvalue weighted by Gasteiger charge is -2.25. The molecule has 0 bridgehead atoms. The molecule has 3 rings (SSSR count). The number of H-pyrrole nitrogens is 1. The van der Waals surface area contributed by atoms with E-state index in [2.05, 4.69) is 37.5 Å². The van der Waals surface area contributed by atoms with Crippen molar-refractivity contribution in [2.24, 2.45) is 0 Å². The summed E-state index contributed by atoms with van der Waals surface area (Å²) in [6.07, 6.45) is 1.81. The molecule has 1 aromatic carbocycles. The van der Waals surface area contributed by atoms with Crippen molar-refractivity contribution in [3.63, 3.8) is 0 Å². The number of ether oxygens (including phenoxy) is 1. The molecule has 0 atom stereocenters. The minimum atomic E-state index is 0.821. The zero-order valence-electron chi connectivity index (χ0n) is 12.3. The molecule has 0 unspecified atom stereocenters. The van der Waals surface area contributed by atoms with E-state index in [0.717, 1.165) is 56.5 Å². The third kappa shape index (κ3) is 3.52. The molecule has 2 heterocycles. The monoisotopic (exact) mass is 287 g/mol. The fourth-order valence-electron chi connectivity index (χ4n) is 2.46. The highest BCUT2D eigenvalue weighted by Crippen LogP contribution is 2.13. The summed E-state index contributed by atoms with van der Waals surface area (Å²) < 4.78 is 5.16. The molecule has 0 aliphatic carbocycles. The number of methoxy groups -OCH3 is 1. The standard InChI is InChI=1S/C15H21N5O/c1-21-13-5-2-12(3-6-13)4-7-14-17-15(19-18-14)20-10-8-16-9-11-20/h2-3,5-6,16H,4,7-11H2,1H3,(H,17,18,19). The van der Waals surface area contributed by atoms with Crippen molar-refractivity contribution in [2.75, 3.05) is 38.2 Å². The van der Waals surface area contributed by atoms with Gasteiger partial charge in [0.1, 0.15) is 11.6 Å². The Bertz CT molecular complexity index is 560. The van der Waals surface area contributed by atoms with Gasteiger partial charge in [-0.25, -0.2) is 0 Å². The van der Waals surface area contributed by atoms with Crippen molar-refractivity contribution >= 4 is 5.95 Å². The van der Waals surface area contributed by atoms with E-state index in [1.54, 1.807) is 7.11 Å². The van der Waals surface area contributed by atoms with Crippen molar-refractivity contribution in [1.29, 1.82) is 0 Å². The van der Waals surface area contributed by atoms with Crippen LogP contribution >= 0.6 is 0 Å². The van der Waals surface area contributed by atoms with Gasteiger partial charge in [0.15, 0.2) is 0 Å². The highest BCUT2D eigenvalue weighted by atomic mass is 16.5. The van der Waals surface area contributed by atoms with Crippen molar-refractivity contribution in [3.05, 3.63) is 35.7 Å². The molecule has 1 saturated heterocycles. The third-order valence-electron chi connectivity index (χ3n) is 3.73. The maximum Gasteiger partial charge on any atom is 0.244 e. The van der Waals surface area contributed by atoms with Crippen LogP contribution in [0, 0.1) is 0 Å². The first kappa shape index (κ1) is 13.9. The number of piperazine rings is 1. The Labute approximate surface area is 124 Å². The molecule has 1 aliphatic heterocycles. The predicted octanol–water partition coefficient (Wildman–Crippen LogP) is 1.01. The molecule has 1 aromatic heterocycles. The van der Waals surface area contributed by atoms with E-state index < -0.39 is 0 Å². The van der Waals surface area contributed by atoms with Gasteiger partial charge < -0.3 is 15.0 Å². The van der Waals surface area contributed by atoms with E-state index in [9.17, 15) is 0 Å². The Morgan fingerprint density at radius 1 is 1.14 bits per heavy atom. The van der Waals surface area contributed by atoms with Gasteiger partial charge in [0, 0.05) is 32.6 Å². The molecule has 1 fully saturated rings. The number of hydrogen-bond donors (Lipinski definition) is 2.